The Balaban J connectivity index is 2.12. The Kier molecular flexibility index (Phi) is 6.32. The molecule has 0 atom stereocenters. The smallest absolute Gasteiger partial charge is 0.311 e. The first-order valence-corrected chi connectivity index (χ1v) is 8.54. The number of aromatic nitrogens is 2. The number of carbonyl (C=O) groups is 1. The van der Waals surface area contributed by atoms with Gasteiger partial charge in [0.1, 0.15) is 5.15 Å². The van der Waals surface area contributed by atoms with Gasteiger partial charge < -0.3 is 4.74 Å². The van der Waals surface area contributed by atoms with Crippen LogP contribution in [-0.2, 0) is 16.0 Å². The highest BCUT2D eigenvalue weighted by Gasteiger charge is 2.29. The number of carbonyl (C=O) groups excluding carboxylic acids is 1. The standard InChI is InChI=1S/C19H23ClN2O2/c1-4-5-9-24-18(23)19(2,3)11-14-7-6-8-15(10-14)16-12-21-13-17(20)22-16/h6-8,10,12-13H,4-5,9,11H2,1-3H3. The van der Waals surface area contributed by atoms with Crippen molar-refractivity contribution in [2.24, 2.45) is 5.41 Å². The molecule has 4 nitrogen and oxygen atoms in total. The molecular formula is C19H23ClN2O2. The summed E-state index contributed by atoms with van der Waals surface area (Å²) in [7, 11) is 0. The molecule has 1 aromatic heterocycles. The summed E-state index contributed by atoms with van der Waals surface area (Å²) in [6.45, 7) is 6.38. The molecule has 0 aliphatic carbocycles. The van der Waals surface area contributed by atoms with Gasteiger partial charge >= 0.3 is 5.97 Å². The lowest BCUT2D eigenvalue weighted by molar-refractivity contribution is -0.154. The molecule has 128 valence electrons. The first kappa shape index (κ1) is 18.4. The highest BCUT2D eigenvalue weighted by Crippen LogP contribution is 2.26. The third-order valence-corrected chi connectivity index (χ3v) is 3.94. The molecule has 1 heterocycles. The molecule has 0 N–H and O–H groups in total. The number of unbranched alkanes of at least 4 members (excludes halogenated alkanes) is 1. The maximum atomic E-state index is 12.3. The summed E-state index contributed by atoms with van der Waals surface area (Å²) in [4.78, 5) is 20.6. The predicted octanol–water partition coefficient (Wildman–Crippen LogP) is 4.71. The molecular weight excluding hydrogens is 324 g/mol. The fourth-order valence-electron chi connectivity index (χ4n) is 2.41. The average Bonchev–Trinajstić information content (AvgIpc) is 2.55. The SMILES string of the molecule is CCCCOC(=O)C(C)(C)Cc1cccc(-c2cncc(Cl)n2)c1. The molecule has 5 heteroatoms. The molecule has 2 rings (SSSR count). The fraction of sp³-hybridized carbons (Fsp3) is 0.421. The normalized spacial score (nSPS) is 11.3. The summed E-state index contributed by atoms with van der Waals surface area (Å²) in [6, 6.07) is 7.92. The molecule has 0 aliphatic heterocycles. The van der Waals surface area contributed by atoms with Crippen LogP contribution in [0.4, 0.5) is 0 Å². The van der Waals surface area contributed by atoms with E-state index in [9.17, 15) is 4.79 Å². The summed E-state index contributed by atoms with van der Waals surface area (Å²) < 4.78 is 5.37. The van der Waals surface area contributed by atoms with E-state index in [0.717, 1.165) is 24.0 Å². The van der Waals surface area contributed by atoms with E-state index in [1.54, 1.807) is 6.20 Å². The van der Waals surface area contributed by atoms with Gasteiger partial charge in [0.05, 0.1) is 30.1 Å². The van der Waals surface area contributed by atoms with Gasteiger partial charge in [-0.25, -0.2) is 4.98 Å². The number of halogens is 1. The van der Waals surface area contributed by atoms with Crippen LogP contribution in [0.1, 0.15) is 39.2 Å². The Morgan fingerprint density at radius 2 is 2.08 bits per heavy atom. The van der Waals surface area contributed by atoms with Crippen LogP contribution < -0.4 is 0 Å². The van der Waals surface area contributed by atoms with Crippen LogP contribution in [0.25, 0.3) is 11.3 Å². The van der Waals surface area contributed by atoms with Crippen LogP contribution in [0.5, 0.6) is 0 Å². The third-order valence-electron chi connectivity index (χ3n) is 3.76. The van der Waals surface area contributed by atoms with Crippen LogP contribution in [0.3, 0.4) is 0 Å². The molecule has 0 amide bonds. The van der Waals surface area contributed by atoms with Crippen LogP contribution in [-0.4, -0.2) is 22.5 Å². The summed E-state index contributed by atoms with van der Waals surface area (Å²) in [5.74, 6) is -0.163. The number of esters is 1. The van der Waals surface area contributed by atoms with Crippen molar-refractivity contribution in [3.8, 4) is 11.3 Å². The Hall–Kier alpha value is -1.94. The van der Waals surface area contributed by atoms with Crippen molar-refractivity contribution in [1.82, 2.24) is 9.97 Å². The van der Waals surface area contributed by atoms with Gasteiger partial charge in [-0.1, -0.05) is 43.1 Å². The molecule has 1 aromatic carbocycles. The Labute approximate surface area is 148 Å². The van der Waals surface area contributed by atoms with Crippen molar-refractivity contribution in [2.75, 3.05) is 6.61 Å². The summed E-state index contributed by atoms with van der Waals surface area (Å²) in [5, 5.41) is 0.359. The Bertz CT molecular complexity index is 701. The third kappa shape index (κ3) is 5.03. The molecule has 0 saturated heterocycles. The Morgan fingerprint density at radius 3 is 2.79 bits per heavy atom. The van der Waals surface area contributed by atoms with Gasteiger partial charge in [0.15, 0.2) is 0 Å². The molecule has 0 bridgehead atoms. The zero-order chi connectivity index (χ0) is 17.6. The second kappa shape index (κ2) is 8.25. The van der Waals surface area contributed by atoms with E-state index in [1.807, 2.05) is 38.1 Å². The van der Waals surface area contributed by atoms with Crippen LogP contribution in [0.2, 0.25) is 5.15 Å². The molecule has 0 fully saturated rings. The molecule has 0 saturated carbocycles. The summed E-state index contributed by atoms with van der Waals surface area (Å²) in [6.07, 6.45) is 5.68. The lowest BCUT2D eigenvalue weighted by atomic mass is 9.85. The number of hydrogen-bond acceptors (Lipinski definition) is 4. The van der Waals surface area contributed by atoms with Gasteiger partial charge in [0.25, 0.3) is 0 Å². The van der Waals surface area contributed by atoms with Gasteiger partial charge in [0.2, 0.25) is 0 Å². The largest absolute Gasteiger partial charge is 0.465 e. The van der Waals surface area contributed by atoms with E-state index in [0.29, 0.717) is 23.9 Å². The van der Waals surface area contributed by atoms with Gasteiger partial charge in [-0.3, -0.25) is 9.78 Å². The summed E-state index contributed by atoms with van der Waals surface area (Å²) in [5.41, 5.74) is 2.11. The zero-order valence-corrected chi connectivity index (χ0v) is 15.1. The van der Waals surface area contributed by atoms with Crippen molar-refractivity contribution in [3.63, 3.8) is 0 Å². The second-order valence-electron chi connectivity index (χ2n) is 6.48. The minimum absolute atomic E-state index is 0.163. The molecule has 0 spiro atoms. The molecule has 0 radical (unpaired) electrons. The van der Waals surface area contributed by atoms with E-state index in [2.05, 4.69) is 16.9 Å². The molecule has 0 unspecified atom stereocenters. The van der Waals surface area contributed by atoms with Crippen LogP contribution in [0, 0.1) is 5.41 Å². The average molecular weight is 347 g/mol. The summed E-state index contributed by atoms with van der Waals surface area (Å²) >= 11 is 5.91. The topological polar surface area (TPSA) is 52.1 Å². The van der Waals surface area contributed by atoms with E-state index in [1.165, 1.54) is 6.20 Å². The number of benzene rings is 1. The fourth-order valence-corrected chi connectivity index (χ4v) is 2.56. The molecule has 0 aliphatic rings. The maximum Gasteiger partial charge on any atom is 0.311 e. The number of ether oxygens (including phenoxy) is 1. The Morgan fingerprint density at radius 1 is 1.29 bits per heavy atom. The maximum absolute atomic E-state index is 12.3. The van der Waals surface area contributed by atoms with Gasteiger partial charge in [-0.2, -0.15) is 0 Å². The minimum atomic E-state index is -0.577. The van der Waals surface area contributed by atoms with Crippen LogP contribution >= 0.6 is 11.6 Å². The minimum Gasteiger partial charge on any atom is -0.465 e. The first-order chi connectivity index (χ1) is 11.4. The quantitative estimate of drug-likeness (QED) is 0.538. The highest BCUT2D eigenvalue weighted by atomic mass is 35.5. The number of hydrogen-bond donors (Lipinski definition) is 0. The van der Waals surface area contributed by atoms with Gasteiger partial charge in [-0.05, 0) is 38.3 Å². The number of nitrogens with zero attached hydrogens (tertiary/aromatic N) is 2. The molecule has 2 aromatic rings. The predicted molar refractivity (Wildman–Crippen MR) is 95.8 cm³/mol. The van der Waals surface area contributed by atoms with Crippen molar-refractivity contribution < 1.29 is 9.53 Å². The highest BCUT2D eigenvalue weighted by molar-refractivity contribution is 6.29. The van der Waals surface area contributed by atoms with Crippen molar-refractivity contribution in [2.45, 2.75) is 40.0 Å². The van der Waals surface area contributed by atoms with Crippen molar-refractivity contribution in [1.29, 1.82) is 0 Å². The van der Waals surface area contributed by atoms with E-state index in [-0.39, 0.29) is 5.97 Å². The lowest BCUT2D eigenvalue weighted by Crippen LogP contribution is -2.29. The van der Waals surface area contributed by atoms with E-state index in [4.69, 9.17) is 16.3 Å². The van der Waals surface area contributed by atoms with Gasteiger partial charge in [-0.15, -0.1) is 0 Å². The van der Waals surface area contributed by atoms with Crippen molar-refractivity contribution in [3.05, 3.63) is 47.4 Å². The molecule has 24 heavy (non-hydrogen) atoms. The second-order valence-corrected chi connectivity index (χ2v) is 6.86. The first-order valence-electron chi connectivity index (χ1n) is 8.16. The lowest BCUT2D eigenvalue weighted by Gasteiger charge is -2.23. The zero-order valence-electron chi connectivity index (χ0n) is 14.4. The van der Waals surface area contributed by atoms with E-state index >= 15 is 0 Å². The van der Waals surface area contributed by atoms with E-state index < -0.39 is 5.41 Å². The van der Waals surface area contributed by atoms with Gasteiger partial charge in [0, 0.05) is 5.56 Å². The number of rotatable bonds is 7. The monoisotopic (exact) mass is 346 g/mol. The van der Waals surface area contributed by atoms with Crippen molar-refractivity contribution >= 4 is 17.6 Å². The van der Waals surface area contributed by atoms with Crippen LogP contribution in [0.15, 0.2) is 36.7 Å².